The number of fused-ring (bicyclic) bond motifs is 1. The van der Waals surface area contributed by atoms with Crippen LogP contribution < -0.4 is 9.64 Å². The van der Waals surface area contributed by atoms with Crippen LogP contribution in [-0.4, -0.2) is 33.5 Å². The third kappa shape index (κ3) is 2.94. The van der Waals surface area contributed by atoms with Gasteiger partial charge in [-0.2, -0.15) is 13.2 Å². The second-order valence-corrected chi connectivity index (χ2v) is 4.97. The molecule has 0 bridgehead atoms. The molecule has 0 saturated heterocycles. The van der Waals surface area contributed by atoms with E-state index in [2.05, 4.69) is 15.0 Å². The van der Waals surface area contributed by atoms with Gasteiger partial charge in [0.15, 0.2) is 0 Å². The molecule has 0 fully saturated rings. The number of pyridine rings is 1. The van der Waals surface area contributed by atoms with Gasteiger partial charge in [0.25, 0.3) is 5.91 Å². The average Bonchev–Trinajstić information content (AvgIpc) is 2.52. The number of nitrogens with zero attached hydrogens (tertiary/aromatic N) is 4. The summed E-state index contributed by atoms with van der Waals surface area (Å²) in [4.78, 5) is 24.4. The van der Waals surface area contributed by atoms with Gasteiger partial charge in [0, 0.05) is 18.6 Å². The number of carbonyl (C=O) groups is 1. The molecule has 0 aliphatic carbocycles. The first-order valence-electron chi connectivity index (χ1n) is 6.69. The fourth-order valence-corrected chi connectivity index (χ4v) is 2.19. The first-order chi connectivity index (χ1) is 10.9. The van der Waals surface area contributed by atoms with Crippen molar-refractivity contribution in [1.29, 1.82) is 0 Å². The Labute approximate surface area is 128 Å². The number of ether oxygens (including phenoxy) is 1. The van der Waals surface area contributed by atoms with Crippen molar-refractivity contribution in [3.05, 3.63) is 42.1 Å². The molecular weight excluding hydrogens is 313 g/mol. The summed E-state index contributed by atoms with van der Waals surface area (Å²) in [5.74, 6) is -1.50. The monoisotopic (exact) mass is 324 g/mol. The van der Waals surface area contributed by atoms with Gasteiger partial charge in [-0.1, -0.05) is 0 Å². The van der Waals surface area contributed by atoms with E-state index in [-0.39, 0.29) is 18.2 Å². The van der Waals surface area contributed by atoms with Gasteiger partial charge in [0.05, 0.1) is 12.1 Å². The van der Waals surface area contributed by atoms with Gasteiger partial charge in [0.1, 0.15) is 11.8 Å². The fraction of sp³-hybridized carbons (Fsp3) is 0.286. The Hall–Kier alpha value is -2.71. The number of alkyl halides is 3. The van der Waals surface area contributed by atoms with E-state index in [1.165, 1.54) is 11.1 Å². The minimum atomic E-state index is -4.65. The van der Waals surface area contributed by atoms with Crippen molar-refractivity contribution in [3.8, 4) is 5.88 Å². The average molecular weight is 324 g/mol. The molecule has 23 heavy (non-hydrogen) atoms. The maximum absolute atomic E-state index is 12.6. The van der Waals surface area contributed by atoms with Crippen molar-refractivity contribution < 1.29 is 22.7 Å². The van der Waals surface area contributed by atoms with Crippen molar-refractivity contribution in [2.75, 3.05) is 11.4 Å². The topological polar surface area (TPSA) is 68.2 Å². The minimum Gasteiger partial charge on any atom is -0.471 e. The van der Waals surface area contributed by atoms with Crippen LogP contribution in [0.15, 0.2) is 30.7 Å². The molecule has 1 amide bonds. The van der Waals surface area contributed by atoms with Crippen molar-refractivity contribution >= 4 is 11.6 Å². The lowest BCUT2D eigenvalue weighted by atomic mass is 10.2. The highest BCUT2D eigenvalue weighted by Gasteiger charge is 2.35. The van der Waals surface area contributed by atoms with E-state index in [1.54, 1.807) is 19.1 Å². The Morgan fingerprint density at radius 2 is 2.00 bits per heavy atom. The summed E-state index contributed by atoms with van der Waals surface area (Å²) >= 11 is 0. The highest BCUT2D eigenvalue weighted by Crippen LogP contribution is 2.32. The smallest absolute Gasteiger partial charge is 0.451 e. The molecule has 3 heterocycles. The Kier molecular flexibility index (Phi) is 3.63. The summed E-state index contributed by atoms with van der Waals surface area (Å²) in [5, 5.41) is 0. The molecule has 0 aromatic carbocycles. The van der Waals surface area contributed by atoms with Gasteiger partial charge in [-0.15, -0.1) is 0 Å². The predicted octanol–water partition coefficient (Wildman–Crippen LogP) is 2.32. The van der Waals surface area contributed by atoms with Crippen molar-refractivity contribution in [2.45, 2.75) is 19.2 Å². The van der Waals surface area contributed by atoms with Gasteiger partial charge < -0.3 is 4.74 Å². The predicted molar refractivity (Wildman–Crippen MR) is 73.0 cm³/mol. The lowest BCUT2D eigenvalue weighted by molar-refractivity contribution is -0.145. The molecule has 0 N–H and O–H groups in total. The first kappa shape index (κ1) is 15.2. The third-order valence-electron chi connectivity index (χ3n) is 3.19. The molecule has 6 nitrogen and oxygen atoms in total. The Morgan fingerprint density at radius 3 is 2.65 bits per heavy atom. The van der Waals surface area contributed by atoms with Crippen LogP contribution >= 0.6 is 0 Å². The second-order valence-electron chi connectivity index (χ2n) is 4.97. The lowest BCUT2D eigenvalue weighted by Crippen LogP contribution is -2.42. The SMILES string of the molecule is CC1CN(C(=O)c2cnc(C(F)(F)F)nc2)c2cccnc2O1. The molecule has 120 valence electrons. The van der Waals surface area contributed by atoms with E-state index < -0.39 is 17.9 Å². The molecule has 0 radical (unpaired) electrons. The highest BCUT2D eigenvalue weighted by molar-refractivity contribution is 6.06. The zero-order valence-electron chi connectivity index (χ0n) is 11.9. The maximum atomic E-state index is 12.6. The number of rotatable bonds is 1. The minimum absolute atomic E-state index is 0.0399. The molecule has 9 heteroatoms. The summed E-state index contributed by atoms with van der Waals surface area (Å²) in [5.41, 5.74) is 0.414. The van der Waals surface area contributed by atoms with E-state index in [0.717, 1.165) is 12.4 Å². The summed E-state index contributed by atoms with van der Waals surface area (Å²) in [6.45, 7) is 2.01. The lowest BCUT2D eigenvalue weighted by Gasteiger charge is -2.32. The maximum Gasteiger partial charge on any atom is 0.451 e. The fourth-order valence-electron chi connectivity index (χ4n) is 2.19. The van der Waals surface area contributed by atoms with Crippen LogP contribution in [0.1, 0.15) is 23.1 Å². The third-order valence-corrected chi connectivity index (χ3v) is 3.19. The van der Waals surface area contributed by atoms with Gasteiger partial charge in [-0.25, -0.2) is 15.0 Å². The van der Waals surface area contributed by atoms with Gasteiger partial charge >= 0.3 is 6.18 Å². The van der Waals surface area contributed by atoms with E-state index >= 15 is 0 Å². The van der Waals surface area contributed by atoms with E-state index in [1.807, 2.05) is 0 Å². The molecule has 1 unspecified atom stereocenters. The molecule has 2 aromatic heterocycles. The molecule has 1 atom stereocenters. The van der Waals surface area contributed by atoms with Crippen molar-refractivity contribution in [1.82, 2.24) is 15.0 Å². The van der Waals surface area contributed by atoms with Gasteiger partial charge in [0.2, 0.25) is 11.7 Å². The number of anilines is 1. The van der Waals surface area contributed by atoms with E-state index in [9.17, 15) is 18.0 Å². The number of aromatic nitrogens is 3. The molecule has 1 aliphatic rings. The van der Waals surface area contributed by atoms with Crippen LogP contribution in [0, 0.1) is 0 Å². The zero-order chi connectivity index (χ0) is 16.6. The largest absolute Gasteiger partial charge is 0.471 e. The summed E-state index contributed by atoms with van der Waals surface area (Å²) < 4.78 is 43.0. The van der Waals surface area contributed by atoms with Gasteiger partial charge in [-0.05, 0) is 19.1 Å². The quantitative estimate of drug-likeness (QED) is 0.805. The van der Waals surface area contributed by atoms with Crippen molar-refractivity contribution in [2.24, 2.45) is 0 Å². The van der Waals surface area contributed by atoms with E-state index in [0.29, 0.717) is 11.6 Å². The van der Waals surface area contributed by atoms with Crippen LogP contribution in [0.2, 0.25) is 0 Å². The molecule has 0 saturated carbocycles. The standard InChI is InChI=1S/C14H11F3N4O2/c1-8-7-21(10-3-2-4-18-11(10)23-8)12(22)9-5-19-13(20-6-9)14(15,16)17/h2-6,8H,7H2,1H3. The van der Waals surface area contributed by atoms with Crippen molar-refractivity contribution in [3.63, 3.8) is 0 Å². The number of halogens is 3. The molecule has 0 spiro atoms. The highest BCUT2D eigenvalue weighted by atomic mass is 19.4. The summed E-state index contributed by atoms with van der Waals surface area (Å²) in [7, 11) is 0. The zero-order valence-corrected chi connectivity index (χ0v) is 11.9. The Bertz CT molecular complexity index is 734. The molecule has 3 rings (SSSR count). The Morgan fingerprint density at radius 1 is 1.30 bits per heavy atom. The molecule has 2 aromatic rings. The second kappa shape index (κ2) is 5.49. The van der Waals surface area contributed by atoms with Crippen LogP contribution in [0.5, 0.6) is 5.88 Å². The van der Waals surface area contributed by atoms with Crippen LogP contribution in [0.3, 0.4) is 0 Å². The van der Waals surface area contributed by atoms with E-state index in [4.69, 9.17) is 4.74 Å². The summed E-state index contributed by atoms with van der Waals surface area (Å²) in [6, 6.07) is 3.29. The van der Waals surface area contributed by atoms with Crippen LogP contribution in [0.25, 0.3) is 0 Å². The number of carbonyl (C=O) groups excluding carboxylic acids is 1. The number of amides is 1. The Balaban J connectivity index is 1.92. The number of hydrogen-bond donors (Lipinski definition) is 0. The van der Waals surface area contributed by atoms with Crippen LogP contribution in [0.4, 0.5) is 18.9 Å². The first-order valence-corrected chi connectivity index (χ1v) is 6.69. The normalized spacial score (nSPS) is 17.4. The van der Waals surface area contributed by atoms with Gasteiger partial charge in [-0.3, -0.25) is 9.69 Å². The summed E-state index contributed by atoms with van der Waals surface area (Å²) in [6.07, 6.45) is -1.67. The molecular formula is C14H11F3N4O2. The van der Waals surface area contributed by atoms with Crippen LogP contribution in [-0.2, 0) is 6.18 Å². The molecule has 1 aliphatic heterocycles. The number of hydrogen-bond acceptors (Lipinski definition) is 5.